The van der Waals surface area contributed by atoms with Crippen molar-refractivity contribution in [2.75, 3.05) is 39.3 Å². The van der Waals surface area contributed by atoms with E-state index in [0.29, 0.717) is 43.3 Å². The van der Waals surface area contributed by atoms with Crippen molar-refractivity contribution >= 4 is 43.3 Å². The van der Waals surface area contributed by atoms with Gasteiger partial charge in [0.15, 0.2) is 0 Å². The quantitative estimate of drug-likeness (QED) is 0.204. The minimum absolute atomic E-state index is 0. The minimum Gasteiger partial charge on any atom is -0.598 e. The number of fused-ring (bicyclic) bond motifs is 6. The molecular weight excluding hydrogens is 746 g/mol. The molecule has 2 aromatic rings. The zero-order valence-electron chi connectivity index (χ0n) is 33.8. The Hall–Kier alpha value is -3.93. The summed E-state index contributed by atoms with van der Waals surface area (Å²) in [6, 6.07) is 19.4. The van der Waals surface area contributed by atoms with Crippen molar-refractivity contribution < 1.29 is 51.3 Å². The maximum atomic E-state index is 12.5. The zero-order chi connectivity index (χ0) is 39.6. The molecule has 6 saturated carbocycles. The van der Waals surface area contributed by atoms with Crippen molar-refractivity contribution in [2.24, 2.45) is 46.3 Å². The van der Waals surface area contributed by atoms with E-state index in [0.717, 1.165) is 36.1 Å². The maximum absolute atomic E-state index is 12.5. The third-order valence-corrected chi connectivity index (χ3v) is 17.1. The zero-order valence-corrected chi connectivity index (χ0v) is 33.8. The van der Waals surface area contributed by atoms with Crippen LogP contribution in [0.15, 0.2) is 66.6 Å². The van der Waals surface area contributed by atoms with Gasteiger partial charge in [-0.1, -0.05) is 115 Å². The Morgan fingerprint density at radius 3 is 1.58 bits per heavy atom. The molecule has 11 aliphatic rings. The van der Waals surface area contributed by atoms with E-state index in [1.807, 2.05) is 72.7 Å². The number of hydrogen-bond acceptors (Lipinski definition) is 9. The molecule has 4 bridgehead atoms. The third kappa shape index (κ3) is 6.34. The number of rotatable bonds is 8. The molecule has 6 unspecified atom stereocenters. The molecule has 0 aromatic heterocycles. The van der Waals surface area contributed by atoms with Gasteiger partial charge >= 0.3 is 37.3 Å². The van der Waals surface area contributed by atoms with Crippen molar-refractivity contribution in [3.05, 3.63) is 77.8 Å². The SMILES string of the molecule is C.C.CC1(C)C2C[C@H]1CCC2C[N+]12CC(=O)O[B-]1(/C=C/c1ccccc1)OC(=O)C2.CC1(C)C2C[C@H]1CCC2C[N+]12CC(=O)O[B-]1(C1OC1c1ccccc1)OC(=O)C2. The van der Waals surface area contributed by atoms with Crippen molar-refractivity contribution in [3.63, 3.8) is 0 Å². The van der Waals surface area contributed by atoms with Crippen LogP contribution in [-0.4, -0.2) is 91.3 Å². The van der Waals surface area contributed by atoms with E-state index < -0.39 is 13.4 Å². The molecule has 13 rings (SSSR count). The van der Waals surface area contributed by atoms with E-state index in [2.05, 4.69) is 27.7 Å². The van der Waals surface area contributed by atoms with Gasteiger partial charge in [-0.15, -0.1) is 0 Å². The van der Waals surface area contributed by atoms with E-state index in [1.165, 1.54) is 38.5 Å². The summed E-state index contributed by atoms with van der Waals surface area (Å²) in [5.74, 6) is 4.78. The summed E-state index contributed by atoms with van der Waals surface area (Å²) < 4.78 is 30.0. The third-order valence-electron chi connectivity index (χ3n) is 17.1. The Bertz CT molecular complexity index is 1980. The lowest BCUT2D eigenvalue weighted by atomic mass is 9.45. The molecule has 0 spiro atoms. The molecule has 8 atom stereocenters. The fourth-order valence-electron chi connectivity index (χ4n) is 13.8. The van der Waals surface area contributed by atoms with Crippen LogP contribution >= 0.6 is 0 Å². The van der Waals surface area contributed by atoms with E-state index in [1.54, 1.807) is 0 Å². The topological polar surface area (TPSA) is 118 Å². The summed E-state index contributed by atoms with van der Waals surface area (Å²) in [7, 11) is 0. The lowest BCUT2D eigenvalue weighted by Crippen LogP contribution is -2.69. The number of ether oxygens (including phenoxy) is 1. The van der Waals surface area contributed by atoms with Crippen LogP contribution in [0.2, 0.25) is 0 Å². The molecule has 0 amide bonds. The molecule has 5 aliphatic heterocycles. The molecule has 59 heavy (non-hydrogen) atoms. The van der Waals surface area contributed by atoms with Crippen LogP contribution in [0.1, 0.15) is 98.3 Å². The summed E-state index contributed by atoms with van der Waals surface area (Å²) in [6.45, 7) is 7.68. The monoisotopic (exact) mass is 810 g/mol. The highest BCUT2D eigenvalue weighted by atomic mass is 16.7. The van der Waals surface area contributed by atoms with Gasteiger partial charge in [-0.25, -0.2) is 0 Å². The van der Waals surface area contributed by atoms with E-state index >= 15 is 0 Å². The number of hydrogen-bond donors (Lipinski definition) is 0. The average molecular weight is 811 g/mol. The van der Waals surface area contributed by atoms with Gasteiger partial charge in [-0.05, 0) is 84.2 Å². The molecule has 6 aliphatic carbocycles. The molecule has 2 aromatic carbocycles. The van der Waals surface area contributed by atoms with E-state index in [9.17, 15) is 19.2 Å². The fourth-order valence-corrected chi connectivity index (χ4v) is 13.8. The second-order valence-corrected chi connectivity index (χ2v) is 20.4. The predicted molar refractivity (Wildman–Crippen MR) is 225 cm³/mol. The summed E-state index contributed by atoms with van der Waals surface area (Å²) in [4.78, 5) is 49.9. The molecule has 13 heteroatoms. The minimum atomic E-state index is -2.17. The Labute approximate surface area is 350 Å². The molecule has 5 saturated heterocycles. The molecular formula is C46H64B2N2O9. The average Bonchev–Trinajstić information content (AvgIpc) is 3.72. The van der Waals surface area contributed by atoms with Gasteiger partial charge in [-0.2, -0.15) is 0 Å². The number of quaternary nitrogens is 2. The Morgan fingerprint density at radius 1 is 0.627 bits per heavy atom. The smallest absolute Gasteiger partial charge is 0.598 e. The number of benzene rings is 2. The highest BCUT2D eigenvalue weighted by Crippen LogP contribution is 2.64. The van der Waals surface area contributed by atoms with Gasteiger partial charge in [0.2, 0.25) is 0 Å². The van der Waals surface area contributed by atoms with Gasteiger partial charge in [0.1, 0.15) is 32.2 Å². The highest BCUT2D eigenvalue weighted by molar-refractivity contribution is 6.71. The highest BCUT2D eigenvalue weighted by Gasteiger charge is 2.78. The molecule has 0 N–H and O–H groups in total. The molecule has 318 valence electrons. The number of nitrogens with zero attached hydrogens (tertiary/aromatic N) is 2. The van der Waals surface area contributed by atoms with Crippen molar-refractivity contribution in [2.45, 2.75) is 93.2 Å². The largest absolute Gasteiger partial charge is 0.615 e. The standard InChI is InChI=1S/C22H28BNO5.C22H28BNO4.2CH4/c1-22(2)16-9-8-15(17(22)10-16)11-24-12-18(25)28-23(24,29-19(26)13-24)21-20(27-21)14-6-4-3-5-7-14;1-22(2)18-9-8-17(19(22)12-18)13-24-14-20(25)27-23(24,28-21(26)15-24)11-10-16-6-4-3-5-7-16;;/h3-7,15-17,20-21H,8-13H2,1-2H3;3-7,10-11,17-19H,8-9,12-15H2,1-2H3;2*1H4/b;11-10+;;/t15?,16-,17?,20?,21?,23?,24?;17?,18-,19?,23?,24?;;/m11../s1. The number of carbonyl (C=O) groups is 4. The summed E-state index contributed by atoms with van der Waals surface area (Å²) in [5, 5.41) is 0. The van der Waals surface area contributed by atoms with Gasteiger partial charge in [0, 0.05) is 24.9 Å². The van der Waals surface area contributed by atoms with Crippen LogP contribution in [0, 0.1) is 46.3 Å². The van der Waals surface area contributed by atoms with Crippen LogP contribution < -0.4 is 0 Å². The van der Waals surface area contributed by atoms with Gasteiger partial charge in [0.25, 0.3) is 0 Å². The summed E-state index contributed by atoms with van der Waals surface area (Å²) in [5.41, 5.74) is 2.77. The van der Waals surface area contributed by atoms with Crippen LogP contribution in [0.3, 0.4) is 0 Å². The normalized spacial score (nSPS) is 42.2. The molecule has 11 fully saturated rings. The van der Waals surface area contributed by atoms with E-state index in [-0.39, 0.29) is 77.0 Å². The second-order valence-electron chi connectivity index (χ2n) is 20.4. The van der Waals surface area contributed by atoms with Crippen LogP contribution in [0.25, 0.3) is 6.08 Å². The van der Waals surface area contributed by atoms with E-state index in [4.69, 9.17) is 23.4 Å². The fraction of sp³-hybridized carbons (Fsp3) is 0.609. The van der Waals surface area contributed by atoms with Crippen LogP contribution in [0.4, 0.5) is 0 Å². The van der Waals surface area contributed by atoms with Crippen molar-refractivity contribution in [1.29, 1.82) is 0 Å². The van der Waals surface area contributed by atoms with Crippen LogP contribution in [0.5, 0.6) is 0 Å². The second kappa shape index (κ2) is 14.3. The van der Waals surface area contributed by atoms with Gasteiger partial charge in [0.05, 0.1) is 6.10 Å². The van der Waals surface area contributed by atoms with Crippen LogP contribution in [-0.2, 0) is 42.5 Å². The first kappa shape index (κ1) is 41.8. The summed E-state index contributed by atoms with van der Waals surface area (Å²) >= 11 is 0. The lowest BCUT2D eigenvalue weighted by molar-refractivity contribution is -0.821. The molecule has 0 radical (unpaired) electrons. The van der Waals surface area contributed by atoms with Gasteiger partial charge in [-0.3, -0.25) is 19.2 Å². The first-order valence-corrected chi connectivity index (χ1v) is 21.5. The Balaban J connectivity index is 0.000000159. The first-order valence-electron chi connectivity index (χ1n) is 21.5. The van der Waals surface area contributed by atoms with Gasteiger partial charge < -0.3 is 32.1 Å². The maximum Gasteiger partial charge on any atom is 0.615 e. The first-order chi connectivity index (χ1) is 27.2. The van der Waals surface area contributed by atoms with Crippen molar-refractivity contribution in [1.82, 2.24) is 0 Å². The Kier molecular flexibility index (Phi) is 10.2. The lowest BCUT2D eigenvalue weighted by Gasteiger charge is -2.61. The molecule has 11 nitrogen and oxygen atoms in total. The number of carbonyl (C=O) groups excluding carboxylic acids is 4. The molecule has 5 heterocycles. The predicted octanol–water partition coefficient (Wildman–Crippen LogP) is 7.06. The summed E-state index contributed by atoms with van der Waals surface area (Å²) in [6.07, 6.45) is 9.13. The number of epoxide rings is 1. The van der Waals surface area contributed by atoms with Crippen molar-refractivity contribution in [3.8, 4) is 0 Å². The Morgan fingerprint density at radius 2 is 1.08 bits per heavy atom.